The number of aliphatic hydroxyl groups is 1. The summed E-state index contributed by atoms with van der Waals surface area (Å²) in [6, 6.07) is 6.68. The number of fused-ring (bicyclic) bond motifs is 1. The fourth-order valence-corrected chi connectivity index (χ4v) is 5.56. The Morgan fingerprint density at radius 1 is 1.18 bits per heavy atom. The molecule has 1 fully saturated rings. The number of hydrogen-bond donors (Lipinski definition) is 3. The fourth-order valence-electron chi connectivity index (χ4n) is 5.56. The van der Waals surface area contributed by atoms with E-state index in [9.17, 15) is 19.1 Å². The lowest BCUT2D eigenvalue weighted by atomic mass is 9.97. The number of anilines is 1. The molecule has 3 aliphatic heterocycles. The lowest BCUT2D eigenvalue weighted by Gasteiger charge is -2.31. The number of nitrogens with zero attached hydrogens (tertiary/aromatic N) is 4. The summed E-state index contributed by atoms with van der Waals surface area (Å²) in [5.74, 6) is 0.404. The van der Waals surface area contributed by atoms with Gasteiger partial charge in [0.15, 0.2) is 18.2 Å². The summed E-state index contributed by atoms with van der Waals surface area (Å²) in [4.78, 5) is 35.1. The van der Waals surface area contributed by atoms with Gasteiger partial charge in [0.1, 0.15) is 5.82 Å². The van der Waals surface area contributed by atoms with Crippen molar-refractivity contribution in [3.8, 4) is 5.75 Å². The van der Waals surface area contributed by atoms with Gasteiger partial charge in [0.25, 0.3) is 11.5 Å². The Bertz CT molecular complexity index is 1410. The van der Waals surface area contributed by atoms with Crippen LogP contribution in [-0.4, -0.2) is 69.3 Å². The first-order valence-electron chi connectivity index (χ1n) is 12.2. The van der Waals surface area contributed by atoms with Crippen molar-refractivity contribution in [1.82, 2.24) is 24.8 Å². The van der Waals surface area contributed by atoms with E-state index >= 15 is 0 Å². The van der Waals surface area contributed by atoms with Gasteiger partial charge in [0.2, 0.25) is 0 Å². The molecule has 1 saturated heterocycles. The van der Waals surface area contributed by atoms with Gasteiger partial charge in [-0.15, -0.1) is 24.8 Å². The molecule has 1 unspecified atom stereocenters. The first-order valence-corrected chi connectivity index (χ1v) is 12.2. The number of hydrogen-bond acceptors (Lipinski definition) is 8. The molecule has 0 bridgehead atoms. The highest BCUT2D eigenvalue weighted by molar-refractivity contribution is 5.94. The van der Waals surface area contributed by atoms with E-state index in [1.807, 2.05) is 6.07 Å². The SMILES string of the molecule is Cl.Cl.O=C1COc2ccc(CNC[C@H]3CN(CC4CCc5c(F)cnc6ccc(=O)n4c56)C[C@H]3O)nc2N1. The third-order valence-corrected chi connectivity index (χ3v) is 7.28. The van der Waals surface area contributed by atoms with Gasteiger partial charge in [-0.3, -0.25) is 19.5 Å². The number of likely N-dealkylation sites (tertiary alicyclic amines) is 1. The van der Waals surface area contributed by atoms with Gasteiger partial charge in [0, 0.05) is 50.3 Å². The van der Waals surface area contributed by atoms with Gasteiger partial charge in [0.05, 0.1) is 35.1 Å². The zero-order valence-corrected chi connectivity index (χ0v) is 22.1. The van der Waals surface area contributed by atoms with Crippen LogP contribution in [0.25, 0.3) is 11.0 Å². The number of carbonyl (C=O) groups is 1. The second-order valence-electron chi connectivity index (χ2n) is 9.72. The monoisotopic (exact) mass is 566 g/mol. The van der Waals surface area contributed by atoms with Crippen LogP contribution in [-0.2, 0) is 17.8 Å². The van der Waals surface area contributed by atoms with Crippen molar-refractivity contribution in [1.29, 1.82) is 0 Å². The second kappa shape index (κ2) is 11.5. The molecular weight excluding hydrogens is 538 g/mol. The van der Waals surface area contributed by atoms with Crippen LogP contribution in [0.4, 0.5) is 10.2 Å². The van der Waals surface area contributed by atoms with Crippen LogP contribution < -0.4 is 20.9 Å². The molecule has 3 N–H and O–H groups in total. The number of ether oxygens (including phenoxy) is 1. The molecule has 6 rings (SSSR count). The lowest BCUT2D eigenvalue weighted by Crippen LogP contribution is -2.37. The average molecular weight is 567 g/mol. The maximum absolute atomic E-state index is 14.4. The summed E-state index contributed by atoms with van der Waals surface area (Å²) in [5, 5.41) is 16.7. The summed E-state index contributed by atoms with van der Waals surface area (Å²) in [6.45, 7) is 2.88. The van der Waals surface area contributed by atoms with E-state index in [1.165, 1.54) is 12.3 Å². The molecule has 0 saturated carbocycles. The molecule has 38 heavy (non-hydrogen) atoms. The number of halogens is 3. The Labute approximate surface area is 230 Å². The molecule has 0 aromatic carbocycles. The van der Waals surface area contributed by atoms with Crippen LogP contribution in [0.5, 0.6) is 5.75 Å². The van der Waals surface area contributed by atoms with Gasteiger partial charge in [-0.2, -0.15) is 0 Å². The first kappa shape index (κ1) is 28.2. The minimum atomic E-state index is -0.496. The highest BCUT2D eigenvalue weighted by atomic mass is 35.5. The van der Waals surface area contributed by atoms with Gasteiger partial charge < -0.3 is 25.0 Å². The molecule has 0 radical (unpaired) electrons. The summed E-state index contributed by atoms with van der Waals surface area (Å²) < 4.78 is 21.4. The number of pyridine rings is 3. The Morgan fingerprint density at radius 3 is 2.87 bits per heavy atom. The normalized spacial score (nSPS) is 22.2. The Balaban J connectivity index is 0.00000168. The summed E-state index contributed by atoms with van der Waals surface area (Å²) >= 11 is 0. The maximum Gasteiger partial charge on any atom is 0.263 e. The minimum Gasteiger partial charge on any atom is -0.480 e. The number of rotatable bonds is 6. The number of nitrogens with one attached hydrogen (secondary N) is 2. The van der Waals surface area contributed by atoms with Crippen LogP contribution in [0.3, 0.4) is 0 Å². The van der Waals surface area contributed by atoms with E-state index in [0.29, 0.717) is 73.7 Å². The van der Waals surface area contributed by atoms with E-state index in [-0.39, 0.29) is 60.7 Å². The average Bonchev–Trinajstić information content (AvgIpc) is 3.21. The topological polar surface area (TPSA) is 122 Å². The largest absolute Gasteiger partial charge is 0.480 e. The van der Waals surface area contributed by atoms with Crippen molar-refractivity contribution in [2.24, 2.45) is 5.92 Å². The smallest absolute Gasteiger partial charge is 0.263 e. The van der Waals surface area contributed by atoms with Crippen LogP contribution >= 0.6 is 24.8 Å². The molecule has 6 heterocycles. The van der Waals surface area contributed by atoms with Gasteiger partial charge in [-0.05, 0) is 31.0 Å². The minimum absolute atomic E-state index is 0. The summed E-state index contributed by atoms with van der Waals surface area (Å²) in [7, 11) is 0. The third kappa shape index (κ3) is 5.34. The van der Waals surface area contributed by atoms with Crippen molar-refractivity contribution in [3.63, 3.8) is 0 Å². The van der Waals surface area contributed by atoms with E-state index < -0.39 is 6.10 Å². The van der Waals surface area contributed by atoms with E-state index in [1.54, 1.807) is 16.7 Å². The molecule has 3 atom stereocenters. The fraction of sp³-hybridized carbons (Fsp3) is 0.440. The van der Waals surface area contributed by atoms with Crippen LogP contribution in [0.15, 0.2) is 35.3 Å². The highest BCUT2D eigenvalue weighted by Crippen LogP contribution is 2.31. The second-order valence-corrected chi connectivity index (χ2v) is 9.72. The van der Waals surface area contributed by atoms with Crippen LogP contribution in [0, 0.1) is 11.7 Å². The van der Waals surface area contributed by atoms with Crippen LogP contribution in [0.2, 0.25) is 0 Å². The number of aromatic nitrogens is 3. The van der Waals surface area contributed by atoms with Gasteiger partial charge in [-0.25, -0.2) is 9.37 Å². The van der Waals surface area contributed by atoms with Crippen molar-refractivity contribution in [3.05, 3.63) is 57.9 Å². The Hall–Kier alpha value is -2.83. The van der Waals surface area contributed by atoms with Gasteiger partial charge in [-0.1, -0.05) is 0 Å². The zero-order chi connectivity index (χ0) is 24.8. The van der Waals surface area contributed by atoms with Crippen molar-refractivity contribution >= 4 is 47.6 Å². The first-order chi connectivity index (χ1) is 17.5. The predicted molar refractivity (Wildman–Crippen MR) is 144 cm³/mol. The number of amides is 1. The predicted octanol–water partition coefficient (Wildman–Crippen LogP) is 1.67. The third-order valence-electron chi connectivity index (χ3n) is 7.28. The van der Waals surface area contributed by atoms with Crippen LogP contribution in [0.1, 0.15) is 23.7 Å². The molecule has 3 aromatic rings. The summed E-state index contributed by atoms with van der Waals surface area (Å²) in [5.41, 5.74) is 2.38. The maximum atomic E-state index is 14.4. The zero-order valence-electron chi connectivity index (χ0n) is 20.4. The molecule has 0 aliphatic carbocycles. The molecule has 1 amide bonds. The number of β-amino-alcohol motifs (C(OH)–C–C–N with tert-alkyl or cyclic N) is 1. The van der Waals surface area contributed by atoms with Crippen molar-refractivity contribution < 1.29 is 19.0 Å². The molecule has 13 heteroatoms. The number of aryl methyl sites for hydroxylation is 1. The number of aliphatic hydroxyl groups excluding tert-OH is 1. The van der Waals surface area contributed by atoms with Gasteiger partial charge >= 0.3 is 0 Å². The highest BCUT2D eigenvalue weighted by Gasteiger charge is 2.34. The Morgan fingerprint density at radius 2 is 2.03 bits per heavy atom. The summed E-state index contributed by atoms with van der Waals surface area (Å²) in [6.07, 6.45) is 1.95. The quantitative estimate of drug-likeness (QED) is 0.412. The Kier molecular flexibility index (Phi) is 8.53. The molecule has 3 aliphatic rings. The molecule has 10 nitrogen and oxygen atoms in total. The molecule has 3 aromatic heterocycles. The standard InChI is InChI=1S/C25H27FN6O4.2ClH/c26-18-9-28-19-4-6-23(35)32-16(2-3-17(18)24(19)32)11-31-10-14(20(33)12-31)7-27-8-15-1-5-21-25(29-15)30-22(34)13-36-21;;/h1,4-6,9,14,16,20,27,33H,2-3,7-8,10-13H2,(H,29,30,34);2*1H/t14-,16?,20+;;/m0../s1. The van der Waals surface area contributed by atoms with E-state index in [2.05, 4.69) is 25.5 Å². The van der Waals surface area contributed by atoms with Crippen molar-refractivity contribution in [2.75, 3.05) is 38.1 Å². The molecular formula is C25H29Cl2FN6O4. The van der Waals surface area contributed by atoms with E-state index in [4.69, 9.17) is 4.74 Å². The lowest BCUT2D eigenvalue weighted by molar-refractivity contribution is -0.118. The molecule has 204 valence electrons. The number of carbonyl (C=O) groups excluding carboxylic acids is 1. The molecule has 0 spiro atoms. The van der Waals surface area contributed by atoms with Crippen molar-refractivity contribution in [2.45, 2.75) is 31.5 Å². The van der Waals surface area contributed by atoms with E-state index in [0.717, 1.165) is 5.69 Å².